The highest BCUT2D eigenvalue weighted by atomic mass is 16.5. The summed E-state index contributed by atoms with van der Waals surface area (Å²) in [6, 6.07) is 0.234. The molecule has 8 nitrogen and oxygen atoms in total. The van der Waals surface area contributed by atoms with Crippen LogP contribution in [0.4, 0.5) is 5.95 Å². The number of hydrogen-bond donors (Lipinski definition) is 0. The van der Waals surface area contributed by atoms with Gasteiger partial charge in [-0.15, -0.1) is 0 Å². The first kappa shape index (κ1) is 15.2. The van der Waals surface area contributed by atoms with Gasteiger partial charge in [0.1, 0.15) is 0 Å². The topological polar surface area (TPSA) is 80.3 Å². The lowest BCUT2D eigenvalue weighted by atomic mass is 9.86. The van der Waals surface area contributed by atoms with Crippen molar-refractivity contribution in [1.82, 2.24) is 24.6 Å². The van der Waals surface area contributed by atoms with Crippen LogP contribution >= 0.6 is 0 Å². The number of hydrogen-bond acceptors (Lipinski definition) is 6. The van der Waals surface area contributed by atoms with Gasteiger partial charge in [0.15, 0.2) is 0 Å². The van der Waals surface area contributed by atoms with Crippen LogP contribution in [0, 0.1) is 0 Å². The third kappa shape index (κ3) is 2.46. The van der Waals surface area contributed by atoms with Crippen LogP contribution in [-0.2, 0) is 11.8 Å². The molecule has 1 amide bonds. The maximum absolute atomic E-state index is 12.6. The fourth-order valence-corrected chi connectivity index (χ4v) is 3.52. The molecule has 0 unspecified atom stereocenters. The Morgan fingerprint density at radius 3 is 2.67 bits per heavy atom. The molecule has 2 aliphatic rings. The Labute approximate surface area is 140 Å². The van der Waals surface area contributed by atoms with Gasteiger partial charge in [0, 0.05) is 33.6 Å². The Bertz CT molecular complexity index is 747. The maximum atomic E-state index is 12.6. The van der Waals surface area contributed by atoms with Crippen molar-refractivity contribution in [2.24, 2.45) is 7.05 Å². The highest BCUT2D eigenvalue weighted by Crippen LogP contribution is 2.47. The molecule has 0 radical (unpaired) electrons. The number of rotatable bonds is 4. The summed E-state index contributed by atoms with van der Waals surface area (Å²) < 4.78 is 7.53. The van der Waals surface area contributed by atoms with Crippen LogP contribution in [0.2, 0.25) is 0 Å². The molecule has 128 valence electrons. The van der Waals surface area contributed by atoms with E-state index in [1.54, 1.807) is 6.33 Å². The fourth-order valence-electron chi connectivity index (χ4n) is 3.52. The third-order valence-corrected chi connectivity index (χ3v) is 4.88. The van der Waals surface area contributed by atoms with Gasteiger partial charge in [-0.25, -0.2) is 4.98 Å². The Kier molecular flexibility index (Phi) is 3.54. The standard InChI is InChI=1S/C16H22N6O2/c1-20(2)16-18-15(24-19-16)11-6-7-13(23)22(10-4-5-10)14(11)12-8-17-9-21(12)3/h8-11,14H,4-7H2,1-3H3/t11-,14-/m1/s1. The van der Waals surface area contributed by atoms with Crippen molar-refractivity contribution in [3.8, 4) is 0 Å². The van der Waals surface area contributed by atoms with Crippen molar-refractivity contribution in [3.63, 3.8) is 0 Å². The molecule has 2 aromatic rings. The van der Waals surface area contributed by atoms with Crippen LogP contribution in [-0.4, -0.2) is 50.6 Å². The summed E-state index contributed by atoms with van der Waals surface area (Å²) in [7, 11) is 5.73. The van der Waals surface area contributed by atoms with Gasteiger partial charge in [-0.1, -0.05) is 0 Å². The molecule has 2 aromatic heterocycles. The smallest absolute Gasteiger partial charge is 0.265 e. The van der Waals surface area contributed by atoms with Crippen LogP contribution < -0.4 is 4.90 Å². The van der Waals surface area contributed by atoms with Crippen LogP contribution in [0.25, 0.3) is 0 Å². The summed E-state index contributed by atoms with van der Waals surface area (Å²) in [6.07, 6.45) is 6.99. The van der Waals surface area contributed by atoms with Gasteiger partial charge >= 0.3 is 0 Å². The van der Waals surface area contributed by atoms with Crippen LogP contribution in [0.1, 0.15) is 49.2 Å². The number of amides is 1. The largest absolute Gasteiger partial charge is 0.344 e. The lowest BCUT2D eigenvalue weighted by Crippen LogP contribution is -2.44. The highest BCUT2D eigenvalue weighted by Gasteiger charge is 2.47. The molecule has 2 atom stereocenters. The average molecular weight is 330 g/mol. The maximum Gasteiger partial charge on any atom is 0.265 e. The molecule has 1 saturated heterocycles. The number of nitrogens with zero attached hydrogens (tertiary/aromatic N) is 6. The number of likely N-dealkylation sites (tertiary alicyclic amines) is 1. The zero-order chi connectivity index (χ0) is 16.8. The van der Waals surface area contributed by atoms with E-state index >= 15 is 0 Å². The predicted molar refractivity (Wildman–Crippen MR) is 86.4 cm³/mol. The Morgan fingerprint density at radius 1 is 1.29 bits per heavy atom. The van der Waals surface area contributed by atoms with E-state index in [1.807, 2.05) is 41.7 Å². The van der Waals surface area contributed by atoms with Gasteiger partial charge < -0.3 is 18.9 Å². The highest BCUT2D eigenvalue weighted by molar-refractivity contribution is 5.78. The second-order valence-corrected chi connectivity index (χ2v) is 6.88. The van der Waals surface area contributed by atoms with Crippen LogP contribution in [0.5, 0.6) is 0 Å². The van der Waals surface area contributed by atoms with Crippen molar-refractivity contribution in [3.05, 3.63) is 24.1 Å². The molecule has 0 N–H and O–H groups in total. The average Bonchev–Trinajstić information content (AvgIpc) is 3.09. The second-order valence-electron chi connectivity index (χ2n) is 6.88. The normalized spacial score (nSPS) is 24.5. The molecule has 0 aromatic carbocycles. The molecule has 1 aliphatic carbocycles. The van der Waals surface area contributed by atoms with E-state index in [4.69, 9.17) is 4.52 Å². The summed E-state index contributed by atoms with van der Waals surface area (Å²) in [5.74, 6) is 1.37. The van der Waals surface area contributed by atoms with Crippen molar-refractivity contribution < 1.29 is 9.32 Å². The third-order valence-electron chi connectivity index (χ3n) is 4.88. The molecule has 2 fully saturated rings. The molecule has 0 bridgehead atoms. The zero-order valence-electron chi connectivity index (χ0n) is 14.2. The summed E-state index contributed by atoms with van der Waals surface area (Å²) in [5, 5.41) is 4.05. The molecule has 1 saturated carbocycles. The van der Waals surface area contributed by atoms with E-state index in [1.165, 1.54) is 0 Å². The quantitative estimate of drug-likeness (QED) is 0.845. The van der Waals surface area contributed by atoms with Crippen LogP contribution in [0.3, 0.4) is 0 Å². The zero-order valence-corrected chi connectivity index (χ0v) is 14.2. The summed E-state index contributed by atoms with van der Waals surface area (Å²) >= 11 is 0. The van der Waals surface area contributed by atoms with E-state index in [-0.39, 0.29) is 17.9 Å². The molecule has 4 rings (SSSR count). The summed E-state index contributed by atoms with van der Waals surface area (Å²) in [5.41, 5.74) is 1.02. The fraction of sp³-hybridized carbons (Fsp3) is 0.625. The number of imidazole rings is 1. The van der Waals surface area contributed by atoms with E-state index in [0.717, 1.165) is 18.5 Å². The minimum Gasteiger partial charge on any atom is -0.344 e. The van der Waals surface area contributed by atoms with E-state index in [9.17, 15) is 4.79 Å². The first-order valence-electron chi connectivity index (χ1n) is 8.34. The Balaban J connectivity index is 1.75. The molecule has 3 heterocycles. The van der Waals surface area contributed by atoms with Crippen molar-refractivity contribution >= 4 is 11.9 Å². The Hall–Kier alpha value is -2.38. The number of carbonyl (C=O) groups is 1. The van der Waals surface area contributed by atoms with Crippen molar-refractivity contribution in [2.75, 3.05) is 19.0 Å². The Morgan fingerprint density at radius 2 is 2.08 bits per heavy atom. The molecular weight excluding hydrogens is 308 g/mol. The van der Waals surface area contributed by atoms with Crippen molar-refractivity contribution in [1.29, 1.82) is 0 Å². The van der Waals surface area contributed by atoms with Gasteiger partial charge in [0.2, 0.25) is 11.8 Å². The number of carbonyl (C=O) groups excluding carboxylic acids is 1. The van der Waals surface area contributed by atoms with Gasteiger partial charge in [-0.3, -0.25) is 4.79 Å². The van der Waals surface area contributed by atoms with E-state index in [2.05, 4.69) is 15.1 Å². The van der Waals surface area contributed by atoms with Gasteiger partial charge in [0.05, 0.1) is 30.2 Å². The SMILES string of the molecule is CN(C)c1noc([C@@H]2CCC(=O)N(C3CC3)[C@H]2c2cncn2C)n1. The van der Waals surface area contributed by atoms with Crippen LogP contribution in [0.15, 0.2) is 17.0 Å². The number of anilines is 1. The molecular formula is C16H22N6O2. The van der Waals surface area contributed by atoms with Gasteiger partial charge in [-0.2, -0.15) is 4.98 Å². The first-order valence-corrected chi connectivity index (χ1v) is 8.34. The lowest BCUT2D eigenvalue weighted by Gasteiger charge is -2.40. The molecule has 0 spiro atoms. The monoisotopic (exact) mass is 330 g/mol. The molecule has 24 heavy (non-hydrogen) atoms. The number of aromatic nitrogens is 4. The van der Waals surface area contributed by atoms with Gasteiger partial charge in [-0.05, 0) is 24.4 Å². The van der Waals surface area contributed by atoms with E-state index < -0.39 is 0 Å². The first-order chi connectivity index (χ1) is 11.6. The molecule has 1 aliphatic heterocycles. The lowest BCUT2D eigenvalue weighted by molar-refractivity contribution is -0.138. The molecule has 8 heteroatoms. The van der Waals surface area contributed by atoms with Gasteiger partial charge in [0.25, 0.3) is 5.95 Å². The second kappa shape index (κ2) is 5.61. The number of aryl methyl sites for hydroxylation is 1. The van der Waals surface area contributed by atoms with Crippen molar-refractivity contribution in [2.45, 2.75) is 43.7 Å². The summed E-state index contributed by atoms with van der Waals surface area (Å²) in [4.78, 5) is 25.2. The summed E-state index contributed by atoms with van der Waals surface area (Å²) in [6.45, 7) is 0. The predicted octanol–water partition coefficient (Wildman–Crippen LogP) is 1.48. The van der Waals surface area contributed by atoms with E-state index in [0.29, 0.717) is 30.7 Å². The minimum atomic E-state index is -0.0956. The minimum absolute atomic E-state index is 0.0000926. The number of piperidine rings is 1.